The van der Waals surface area contributed by atoms with Crippen molar-refractivity contribution in [1.82, 2.24) is 15.3 Å². The second-order valence-corrected chi connectivity index (χ2v) is 5.52. The molecule has 4 rings (SSSR count). The van der Waals surface area contributed by atoms with Gasteiger partial charge < -0.3 is 14.8 Å². The van der Waals surface area contributed by atoms with E-state index < -0.39 is 0 Å². The first kappa shape index (κ1) is 15.1. The summed E-state index contributed by atoms with van der Waals surface area (Å²) < 4.78 is 10.6. The number of carbonyl (C=O) groups is 1. The van der Waals surface area contributed by atoms with Gasteiger partial charge in [0, 0.05) is 12.6 Å². The largest absolute Gasteiger partial charge is 0.454 e. The standard InChI is InChI=1S/C19H15N3O3/c23-19(21-10-13-5-7-17-18(9-13)25-12-24-17)8-6-14-11-20-15-3-1-2-4-16(15)22-14/h1-9,11H,10,12H2,(H,21,23)/b8-6+. The molecule has 25 heavy (non-hydrogen) atoms. The molecule has 6 nitrogen and oxygen atoms in total. The van der Waals surface area contributed by atoms with Crippen molar-refractivity contribution in [2.75, 3.05) is 6.79 Å². The molecule has 0 radical (unpaired) electrons. The Kier molecular flexibility index (Phi) is 4.00. The summed E-state index contributed by atoms with van der Waals surface area (Å²) >= 11 is 0. The fraction of sp³-hybridized carbons (Fsp3) is 0.105. The van der Waals surface area contributed by atoms with Gasteiger partial charge in [0.05, 0.1) is 22.9 Å². The molecule has 6 heteroatoms. The number of rotatable bonds is 4. The van der Waals surface area contributed by atoms with E-state index >= 15 is 0 Å². The average Bonchev–Trinajstić information content (AvgIpc) is 3.12. The van der Waals surface area contributed by atoms with E-state index in [-0.39, 0.29) is 12.7 Å². The SMILES string of the molecule is O=C(/C=C/c1cnc2ccccc2n1)NCc1ccc2c(c1)OCO2. The van der Waals surface area contributed by atoms with E-state index in [9.17, 15) is 4.79 Å². The lowest BCUT2D eigenvalue weighted by Gasteiger charge is -2.04. The van der Waals surface area contributed by atoms with Crippen molar-refractivity contribution < 1.29 is 14.3 Å². The normalized spacial score (nSPS) is 12.6. The van der Waals surface area contributed by atoms with Gasteiger partial charge in [-0.3, -0.25) is 9.78 Å². The maximum Gasteiger partial charge on any atom is 0.244 e. The molecule has 3 aromatic rings. The molecule has 2 aromatic carbocycles. The monoisotopic (exact) mass is 333 g/mol. The van der Waals surface area contributed by atoms with E-state index in [0.29, 0.717) is 18.0 Å². The van der Waals surface area contributed by atoms with E-state index in [2.05, 4.69) is 15.3 Å². The van der Waals surface area contributed by atoms with Gasteiger partial charge in [0.15, 0.2) is 11.5 Å². The molecule has 0 atom stereocenters. The van der Waals surface area contributed by atoms with Crippen LogP contribution < -0.4 is 14.8 Å². The Morgan fingerprint density at radius 1 is 1.12 bits per heavy atom. The van der Waals surface area contributed by atoms with Crippen LogP contribution in [0, 0.1) is 0 Å². The first-order chi connectivity index (χ1) is 12.3. The van der Waals surface area contributed by atoms with Crippen molar-refractivity contribution in [2.24, 2.45) is 0 Å². The maximum absolute atomic E-state index is 12.0. The quantitative estimate of drug-likeness (QED) is 0.743. The van der Waals surface area contributed by atoms with E-state index in [1.54, 1.807) is 12.3 Å². The number of carbonyl (C=O) groups excluding carboxylic acids is 1. The minimum atomic E-state index is -0.201. The number of hydrogen-bond acceptors (Lipinski definition) is 5. The minimum absolute atomic E-state index is 0.201. The van der Waals surface area contributed by atoms with Crippen LogP contribution in [-0.2, 0) is 11.3 Å². The zero-order valence-electron chi connectivity index (χ0n) is 13.3. The van der Waals surface area contributed by atoms with Crippen molar-refractivity contribution in [3.63, 3.8) is 0 Å². The number of benzene rings is 2. The van der Waals surface area contributed by atoms with Gasteiger partial charge in [0.1, 0.15) is 0 Å². The highest BCUT2D eigenvalue weighted by atomic mass is 16.7. The first-order valence-electron chi connectivity index (χ1n) is 7.84. The number of ether oxygens (including phenoxy) is 2. The molecule has 0 saturated carbocycles. The van der Waals surface area contributed by atoms with Gasteiger partial charge in [-0.25, -0.2) is 4.98 Å². The summed E-state index contributed by atoms with van der Waals surface area (Å²) in [5.41, 5.74) is 3.20. The van der Waals surface area contributed by atoms with Gasteiger partial charge in [0.2, 0.25) is 12.7 Å². The Morgan fingerprint density at radius 2 is 1.96 bits per heavy atom. The van der Waals surface area contributed by atoms with E-state index in [1.807, 2.05) is 42.5 Å². The molecule has 0 aliphatic carbocycles. The van der Waals surface area contributed by atoms with Crippen LogP contribution in [0.25, 0.3) is 17.1 Å². The molecule has 1 aromatic heterocycles. The molecule has 0 saturated heterocycles. The van der Waals surface area contributed by atoms with Crippen LogP contribution in [0.3, 0.4) is 0 Å². The number of para-hydroxylation sites is 2. The molecule has 0 spiro atoms. The van der Waals surface area contributed by atoms with Crippen molar-refractivity contribution in [3.05, 3.63) is 66.0 Å². The summed E-state index contributed by atoms with van der Waals surface area (Å²) in [6.45, 7) is 0.643. The highest BCUT2D eigenvalue weighted by Crippen LogP contribution is 2.32. The lowest BCUT2D eigenvalue weighted by Crippen LogP contribution is -2.20. The fourth-order valence-electron chi connectivity index (χ4n) is 2.51. The number of aromatic nitrogens is 2. The van der Waals surface area contributed by atoms with Crippen LogP contribution in [0.15, 0.2) is 54.7 Å². The van der Waals surface area contributed by atoms with Gasteiger partial charge in [-0.05, 0) is 35.9 Å². The smallest absolute Gasteiger partial charge is 0.244 e. The zero-order valence-corrected chi connectivity index (χ0v) is 13.3. The van der Waals surface area contributed by atoms with Crippen molar-refractivity contribution in [1.29, 1.82) is 0 Å². The Bertz CT molecular complexity index is 969. The van der Waals surface area contributed by atoms with Gasteiger partial charge in [-0.15, -0.1) is 0 Å². The number of nitrogens with one attached hydrogen (secondary N) is 1. The van der Waals surface area contributed by atoms with Crippen LogP contribution in [0.4, 0.5) is 0 Å². The highest BCUT2D eigenvalue weighted by molar-refractivity contribution is 5.91. The predicted molar refractivity (Wildman–Crippen MR) is 93.0 cm³/mol. The average molecular weight is 333 g/mol. The van der Waals surface area contributed by atoms with Crippen LogP contribution in [-0.4, -0.2) is 22.7 Å². The molecule has 1 aliphatic rings. The number of nitrogens with zero attached hydrogens (tertiary/aromatic N) is 2. The number of fused-ring (bicyclic) bond motifs is 2. The molecule has 1 amide bonds. The van der Waals surface area contributed by atoms with Crippen LogP contribution in [0.1, 0.15) is 11.3 Å². The summed E-state index contributed by atoms with van der Waals surface area (Å²) in [6, 6.07) is 13.2. The second-order valence-electron chi connectivity index (χ2n) is 5.52. The van der Waals surface area contributed by atoms with Crippen molar-refractivity contribution in [3.8, 4) is 11.5 Å². The minimum Gasteiger partial charge on any atom is -0.454 e. The Balaban J connectivity index is 1.38. The summed E-state index contributed by atoms with van der Waals surface area (Å²) in [5.74, 6) is 1.23. The second kappa shape index (κ2) is 6.60. The summed E-state index contributed by atoms with van der Waals surface area (Å²) in [4.78, 5) is 20.7. The van der Waals surface area contributed by atoms with Crippen molar-refractivity contribution >= 4 is 23.0 Å². The van der Waals surface area contributed by atoms with E-state index in [4.69, 9.17) is 9.47 Å². The molecular formula is C19H15N3O3. The summed E-state index contributed by atoms with van der Waals surface area (Å²) in [5, 5.41) is 2.83. The van der Waals surface area contributed by atoms with Gasteiger partial charge in [0.25, 0.3) is 0 Å². The summed E-state index contributed by atoms with van der Waals surface area (Å²) in [7, 11) is 0. The predicted octanol–water partition coefficient (Wildman–Crippen LogP) is 2.69. The Labute approximate surface area is 144 Å². The topological polar surface area (TPSA) is 73.3 Å². The molecule has 0 fully saturated rings. The Hall–Kier alpha value is -3.41. The number of hydrogen-bond donors (Lipinski definition) is 1. The third-order valence-electron chi connectivity index (χ3n) is 3.78. The molecule has 2 heterocycles. The van der Waals surface area contributed by atoms with Gasteiger partial charge >= 0.3 is 0 Å². The Morgan fingerprint density at radius 3 is 2.88 bits per heavy atom. The van der Waals surface area contributed by atoms with Crippen LogP contribution >= 0.6 is 0 Å². The fourth-order valence-corrected chi connectivity index (χ4v) is 2.51. The lowest BCUT2D eigenvalue weighted by atomic mass is 10.2. The molecule has 1 N–H and O–H groups in total. The van der Waals surface area contributed by atoms with Crippen molar-refractivity contribution in [2.45, 2.75) is 6.54 Å². The lowest BCUT2D eigenvalue weighted by molar-refractivity contribution is -0.116. The number of amides is 1. The van der Waals surface area contributed by atoms with Gasteiger partial charge in [-0.2, -0.15) is 0 Å². The zero-order chi connectivity index (χ0) is 17.1. The first-order valence-corrected chi connectivity index (χ1v) is 7.84. The maximum atomic E-state index is 12.0. The molecule has 0 bridgehead atoms. The molecular weight excluding hydrogens is 318 g/mol. The highest BCUT2D eigenvalue weighted by Gasteiger charge is 2.13. The third kappa shape index (κ3) is 3.42. The van der Waals surface area contributed by atoms with Crippen LogP contribution in [0.2, 0.25) is 0 Å². The van der Waals surface area contributed by atoms with E-state index in [1.165, 1.54) is 6.08 Å². The molecule has 1 aliphatic heterocycles. The molecule has 0 unspecified atom stereocenters. The third-order valence-corrected chi connectivity index (χ3v) is 3.78. The van der Waals surface area contributed by atoms with Gasteiger partial charge in [-0.1, -0.05) is 18.2 Å². The molecule has 124 valence electrons. The summed E-state index contributed by atoms with van der Waals surface area (Å²) in [6.07, 6.45) is 4.74. The van der Waals surface area contributed by atoms with Crippen LogP contribution in [0.5, 0.6) is 11.5 Å². The van der Waals surface area contributed by atoms with E-state index in [0.717, 1.165) is 22.3 Å².